The molecule has 0 atom stereocenters. The molecule has 0 aliphatic heterocycles. The van der Waals surface area contributed by atoms with E-state index in [1.165, 1.54) is 37.5 Å². The van der Waals surface area contributed by atoms with E-state index >= 15 is 0 Å². The fourth-order valence-electron chi connectivity index (χ4n) is 4.13. The van der Waals surface area contributed by atoms with Crippen molar-refractivity contribution in [1.82, 2.24) is 0 Å². The van der Waals surface area contributed by atoms with Gasteiger partial charge in [-0.25, -0.2) is 9.18 Å². The molecule has 0 heterocycles. The van der Waals surface area contributed by atoms with Crippen molar-refractivity contribution < 1.29 is 19.0 Å². The van der Waals surface area contributed by atoms with Crippen LogP contribution in [0.3, 0.4) is 0 Å². The molecule has 1 aromatic rings. The first-order chi connectivity index (χ1) is 10.6. The van der Waals surface area contributed by atoms with E-state index in [0.29, 0.717) is 5.92 Å². The molecule has 0 bridgehead atoms. The van der Waals surface area contributed by atoms with Gasteiger partial charge < -0.3 is 9.84 Å². The van der Waals surface area contributed by atoms with Gasteiger partial charge in [0.05, 0.1) is 5.56 Å². The molecule has 0 amide bonds. The zero-order valence-electron chi connectivity index (χ0n) is 12.8. The maximum absolute atomic E-state index is 14.1. The second-order valence-electron chi connectivity index (χ2n) is 6.66. The molecule has 120 valence electrons. The smallest absolute Gasteiger partial charge is 0.335 e. The Hall–Kier alpha value is -1.58. The van der Waals surface area contributed by atoms with Crippen LogP contribution in [0.2, 0.25) is 0 Å². The Labute approximate surface area is 130 Å². The second kappa shape index (κ2) is 6.27. The van der Waals surface area contributed by atoms with E-state index in [2.05, 4.69) is 0 Å². The molecule has 1 N–H and O–H groups in total. The SMILES string of the molecule is O=C(O)c1ccc(F)c(OC2(C3CCCCC3)CCCC2)c1. The van der Waals surface area contributed by atoms with Gasteiger partial charge in [-0.3, -0.25) is 0 Å². The third-order valence-electron chi connectivity index (χ3n) is 5.29. The maximum atomic E-state index is 14.1. The van der Waals surface area contributed by atoms with Crippen molar-refractivity contribution in [3.05, 3.63) is 29.6 Å². The molecular formula is C18H23FO3. The minimum absolute atomic E-state index is 0.0770. The van der Waals surface area contributed by atoms with Crippen molar-refractivity contribution in [3.8, 4) is 5.75 Å². The van der Waals surface area contributed by atoms with Crippen LogP contribution in [0.15, 0.2) is 18.2 Å². The third-order valence-corrected chi connectivity index (χ3v) is 5.29. The minimum atomic E-state index is -1.05. The lowest BCUT2D eigenvalue weighted by atomic mass is 9.75. The molecule has 2 aliphatic rings. The Balaban J connectivity index is 1.87. The molecule has 0 unspecified atom stereocenters. The van der Waals surface area contributed by atoms with Crippen LogP contribution in [0.4, 0.5) is 4.39 Å². The summed E-state index contributed by atoms with van der Waals surface area (Å²) < 4.78 is 20.3. The van der Waals surface area contributed by atoms with Gasteiger partial charge in [0, 0.05) is 0 Å². The lowest BCUT2D eigenvalue weighted by molar-refractivity contribution is -0.00549. The van der Waals surface area contributed by atoms with Gasteiger partial charge in [0.2, 0.25) is 0 Å². The average molecular weight is 306 g/mol. The highest BCUT2D eigenvalue weighted by molar-refractivity contribution is 5.88. The van der Waals surface area contributed by atoms with E-state index in [1.54, 1.807) is 0 Å². The highest BCUT2D eigenvalue weighted by Gasteiger charge is 2.44. The average Bonchev–Trinajstić information content (AvgIpc) is 3.00. The second-order valence-corrected chi connectivity index (χ2v) is 6.66. The summed E-state index contributed by atoms with van der Waals surface area (Å²) in [6.07, 6.45) is 10.1. The molecular weight excluding hydrogens is 283 g/mol. The number of benzene rings is 1. The predicted molar refractivity (Wildman–Crippen MR) is 81.8 cm³/mol. The number of hydrogen-bond acceptors (Lipinski definition) is 2. The highest BCUT2D eigenvalue weighted by Crippen LogP contribution is 2.46. The van der Waals surface area contributed by atoms with E-state index in [4.69, 9.17) is 9.84 Å². The summed E-state index contributed by atoms with van der Waals surface area (Å²) >= 11 is 0. The molecule has 3 nitrogen and oxygen atoms in total. The van der Waals surface area contributed by atoms with Gasteiger partial charge in [0.25, 0.3) is 0 Å². The van der Waals surface area contributed by atoms with Crippen LogP contribution in [-0.4, -0.2) is 16.7 Å². The van der Waals surface area contributed by atoms with Crippen molar-refractivity contribution in [1.29, 1.82) is 0 Å². The van der Waals surface area contributed by atoms with E-state index < -0.39 is 11.8 Å². The topological polar surface area (TPSA) is 46.5 Å². The van der Waals surface area contributed by atoms with Gasteiger partial charge in [0.1, 0.15) is 5.60 Å². The van der Waals surface area contributed by atoms with Crippen LogP contribution in [-0.2, 0) is 0 Å². The van der Waals surface area contributed by atoms with Gasteiger partial charge in [-0.15, -0.1) is 0 Å². The molecule has 1 aromatic carbocycles. The molecule has 4 heteroatoms. The summed E-state index contributed by atoms with van der Waals surface area (Å²) in [5.41, 5.74) is -0.216. The highest BCUT2D eigenvalue weighted by atomic mass is 19.1. The Morgan fingerprint density at radius 3 is 2.45 bits per heavy atom. The Morgan fingerprint density at radius 1 is 1.14 bits per heavy atom. The predicted octanol–water partition coefficient (Wildman–Crippen LogP) is 4.80. The molecule has 0 aromatic heterocycles. The first-order valence-electron chi connectivity index (χ1n) is 8.33. The summed E-state index contributed by atoms with van der Waals surface area (Å²) in [4.78, 5) is 11.1. The molecule has 22 heavy (non-hydrogen) atoms. The number of ether oxygens (including phenoxy) is 1. The number of carboxylic acids is 1. The zero-order valence-corrected chi connectivity index (χ0v) is 12.8. The van der Waals surface area contributed by atoms with E-state index in [9.17, 15) is 9.18 Å². The van der Waals surface area contributed by atoms with Gasteiger partial charge in [0.15, 0.2) is 11.6 Å². The van der Waals surface area contributed by atoms with Gasteiger partial charge in [-0.1, -0.05) is 19.3 Å². The number of hydrogen-bond donors (Lipinski definition) is 1. The van der Waals surface area contributed by atoms with Crippen LogP contribution in [0, 0.1) is 11.7 Å². The standard InChI is InChI=1S/C18H23FO3/c19-15-9-8-13(17(20)21)12-16(15)22-18(10-4-5-11-18)14-6-2-1-3-7-14/h8-9,12,14H,1-7,10-11H2,(H,20,21). The zero-order chi connectivity index (χ0) is 15.6. The van der Waals surface area contributed by atoms with Crippen LogP contribution < -0.4 is 4.74 Å². The number of carbonyl (C=O) groups is 1. The van der Waals surface area contributed by atoms with Crippen molar-refractivity contribution in [2.24, 2.45) is 5.92 Å². The van der Waals surface area contributed by atoms with Crippen LogP contribution in [0.25, 0.3) is 0 Å². The van der Waals surface area contributed by atoms with Crippen molar-refractivity contribution in [3.63, 3.8) is 0 Å². The van der Waals surface area contributed by atoms with Gasteiger partial charge >= 0.3 is 5.97 Å². The third kappa shape index (κ3) is 2.96. The molecule has 0 saturated heterocycles. The Bertz CT molecular complexity index is 543. The quantitative estimate of drug-likeness (QED) is 0.869. The summed E-state index contributed by atoms with van der Waals surface area (Å²) in [6.45, 7) is 0. The minimum Gasteiger partial charge on any atom is -0.484 e. The number of halogens is 1. The summed E-state index contributed by atoms with van der Waals surface area (Å²) in [5.74, 6) is -0.945. The summed E-state index contributed by atoms with van der Waals surface area (Å²) in [6, 6.07) is 3.81. The Kier molecular flexibility index (Phi) is 4.37. The first kappa shape index (κ1) is 15.3. The van der Waals surface area contributed by atoms with Gasteiger partial charge in [-0.2, -0.15) is 0 Å². The fraction of sp³-hybridized carbons (Fsp3) is 0.611. The van der Waals surface area contributed by atoms with Crippen molar-refractivity contribution in [2.45, 2.75) is 63.4 Å². The van der Waals surface area contributed by atoms with E-state index in [-0.39, 0.29) is 16.9 Å². The summed E-state index contributed by atoms with van der Waals surface area (Å²) in [7, 11) is 0. The van der Waals surface area contributed by atoms with Crippen LogP contribution in [0.1, 0.15) is 68.1 Å². The fourth-order valence-corrected chi connectivity index (χ4v) is 4.13. The lowest BCUT2D eigenvalue weighted by Gasteiger charge is -2.40. The van der Waals surface area contributed by atoms with Crippen molar-refractivity contribution >= 4 is 5.97 Å². The lowest BCUT2D eigenvalue weighted by Crippen LogP contribution is -2.42. The largest absolute Gasteiger partial charge is 0.484 e. The number of aromatic carboxylic acids is 1. The molecule has 0 radical (unpaired) electrons. The monoisotopic (exact) mass is 306 g/mol. The molecule has 2 aliphatic carbocycles. The van der Waals surface area contributed by atoms with Crippen molar-refractivity contribution in [2.75, 3.05) is 0 Å². The molecule has 2 saturated carbocycles. The van der Waals surface area contributed by atoms with E-state index in [1.807, 2.05) is 0 Å². The first-order valence-corrected chi connectivity index (χ1v) is 8.33. The molecule has 3 rings (SSSR count). The number of rotatable bonds is 4. The van der Waals surface area contributed by atoms with Gasteiger partial charge in [-0.05, 0) is 62.6 Å². The Morgan fingerprint density at radius 2 is 1.82 bits per heavy atom. The van der Waals surface area contributed by atoms with Crippen LogP contribution in [0.5, 0.6) is 5.75 Å². The molecule has 2 fully saturated rings. The summed E-state index contributed by atoms with van der Waals surface area (Å²) in [5, 5.41) is 9.10. The van der Waals surface area contributed by atoms with E-state index in [0.717, 1.165) is 38.5 Å². The maximum Gasteiger partial charge on any atom is 0.335 e. The van der Waals surface area contributed by atoms with Crippen LogP contribution >= 0.6 is 0 Å². The molecule has 0 spiro atoms. The number of carboxylic acid groups (broad SMARTS) is 1. The normalized spacial score (nSPS) is 21.7.